The van der Waals surface area contributed by atoms with E-state index in [9.17, 15) is 5.11 Å². The minimum Gasteiger partial charge on any atom is -0.396 e. The summed E-state index contributed by atoms with van der Waals surface area (Å²) in [6.07, 6.45) is 6.09. The molecule has 2 fully saturated rings. The topological polar surface area (TPSA) is 58.3 Å². The number of nitrogens with two attached hydrogens (primary N) is 1. The largest absolute Gasteiger partial charge is 0.396 e. The highest BCUT2D eigenvalue weighted by atomic mass is 32.2. The zero-order chi connectivity index (χ0) is 12.3. The minimum atomic E-state index is 0.111. The highest BCUT2D eigenvalue weighted by molar-refractivity contribution is 8.00. The summed E-state index contributed by atoms with van der Waals surface area (Å²) in [5.41, 5.74) is 6.14. The second kappa shape index (κ2) is 5.91. The summed E-state index contributed by atoms with van der Waals surface area (Å²) in [4.78, 5) is 0. The molecule has 1 saturated carbocycles. The fourth-order valence-corrected chi connectivity index (χ4v) is 4.72. The Bertz CT molecular complexity index is 252. The quantitative estimate of drug-likeness (QED) is 0.712. The predicted octanol–water partition coefficient (Wildman–Crippen LogP) is 1.35. The monoisotopic (exact) mass is 258 g/mol. The number of hydrogen-bond acceptors (Lipinski definition) is 4. The van der Waals surface area contributed by atoms with Gasteiger partial charge in [-0.1, -0.05) is 19.8 Å². The lowest BCUT2D eigenvalue weighted by Gasteiger charge is -2.41. The third-order valence-electron chi connectivity index (χ3n) is 4.67. The van der Waals surface area contributed by atoms with Crippen molar-refractivity contribution in [2.75, 3.05) is 18.9 Å². The van der Waals surface area contributed by atoms with Gasteiger partial charge in [-0.15, -0.1) is 0 Å². The molecule has 1 saturated heterocycles. The maximum absolute atomic E-state index is 9.48. The fourth-order valence-electron chi connectivity index (χ4n) is 3.28. The summed E-state index contributed by atoms with van der Waals surface area (Å²) in [6, 6.07) is 0.471. The lowest BCUT2D eigenvalue weighted by atomic mass is 9.82. The van der Waals surface area contributed by atoms with Gasteiger partial charge < -0.3 is 16.2 Å². The Kier molecular flexibility index (Phi) is 4.75. The number of aliphatic hydroxyl groups excluding tert-OH is 1. The van der Waals surface area contributed by atoms with E-state index in [4.69, 9.17) is 5.73 Å². The van der Waals surface area contributed by atoms with Crippen LogP contribution in [-0.2, 0) is 0 Å². The molecule has 1 aliphatic heterocycles. The van der Waals surface area contributed by atoms with E-state index >= 15 is 0 Å². The zero-order valence-electron chi connectivity index (χ0n) is 10.8. The number of rotatable bonds is 4. The van der Waals surface area contributed by atoms with E-state index in [0.717, 1.165) is 13.0 Å². The number of thioether (sulfide) groups is 1. The number of aliphatic hydroxyl groups is 1. The molecule has 4 N–H and O–H groups in total. The number of hydrogen-bond donors (Lipinski definition) is 3. The normalized spacial score (nSPS) is 42.9. The summed E-state index contributed by atoms with van der Waals surface area (Å²) < 4.78 is 0. The molecule has 0 amide bonds. The van der Waals surface area contributed by atoms with Gasteiger partial charge in [0, 0.05) is 30.0 Å². The summed E-state index contributed by atoms with van der Waals surface area (Å²) in [6.45, 7) is 3.32. The SMILES string of the molecule is CC1SCCC1(CN)NC1CCCCC1CO. The summed E-state index contributed by atoms with van der Waals surface area (Å²) in [5.74, 6) is 1.65. The van der Waals surface area contributed by atoms with Crippen LogP contribution in [0.1, 0.15) is 39.0 Å². The maximum atomic E-state index is 9.48. The number of nitrogens with one attached hydrogen (secondary N) is 1. The molecule has 0 aromatic heterocycles. The van der Waals surface area contributed by atoms with Crippen molar-refractivity contribution < 1.29 is 5.11 Å². The summed E-state index contributed by atoms with van der Waals surface area (Å²) in [5, 5.41) is 13.9. The van der Waals surface area contributed by atoms with Crippen LogP contribution in [0.2, 0.25) is 0 Å². The summed E-state index contributed by atoms with van der Waals surface area (Å²) >= 11 is 2.02. The predicted molar refractivity (Wildman–Crippen MR) is 74.3 cm³/mol. The Balaban J connectivity index is 2.01. The lowest BCUT2D eigenvalue weighted by Crippen LogP contribution is -2.60. The molecule has 100 valence electrons. The molecule has 0 spiro atoms. The smallest absolute Gasteiger partial charge is 0.0474 e. The van der Waals surface area contributed by atoms with Crippen LogP contribution in [0.25, 0.3) is 0 Å². The molecule has 2 rings (SSSR count). The van der Waals surface area contributed by atoms with Crippen molar-refractivity contribution in [2.45, 2.75) is 55.9 Å². The molecule has 0 bridgehead atoms. The third-order valence-corrected chi connectivity index (χ3v) is 6.07. The fraction of sp³-hybridized carbons (Fsp3) is 1.00. The Labute approximate surface area is 109 Å². The maximum Gasteiger partial charge on any atom is 0.0474 e. The van der Waals surface area contributed by atoms with Crippen LogP contribution in [-0.4, -0.2) is 40.8 Å². The molecule has 2 aliphatic rings. The lowest BCUT2D eigenvalue weighted by molar-refractivity contribution is 0.128. The van der Waals surface area contributed by atoms with Gasteiger partial charge in [0.25, 0.3) is 0 Å². The van der Waals surface area contributed by atoms with E-state index in [0.29, 0.717) is 23.8 Å². The first kappa shape index (κ1) is 13.7. The molecule has 1 heterocycles. The average molecular weight is 258 g/mol. The van der Waals surface area contributed by atoms with Gasteiger partial charge in [-0.25, -0.2) is 0 Å². The third kappa shape index (κ3) is 2.80. The van der Waals surface area contributed by atoms with Gasteiger partial charge >= 0.3 is 0 Å². The first-order valence-electron chi connectivity index (χ1n) is 6.92. The van der Waals surface area contributed by atoms with Crippen LogP contribution in [0.3, 0.4) is 0 Å². The molecule has 1 aliphatic carbocycles. The minimum absolute atomic E-state index is 0.111. The first-order chi connectivity index (χ1) is 8.22. The molecule has 0 aromatic carbocycles. The Morgan fingerprint density at radius 3 is 2.76 bits per heavy atom. The van der Waals surface area contributed by atoms with E-state index in [1.807, 2.05) is 11.8 Å². The van der Waals surface area contributed by atoms with Crippen LogP contribution < -0.4 is 11.1 Å². The van der Waals surface area contributed by atoms with Crippen LogP contribution in [0.15, 0.2) is 0 Å². The van der Waals surface area contributed by atoms with Gasteiger partial charge in [0.1, 0.15) is 0 Å². The van der Waals surface area contributed by atoms with Crippen molar-refractivity contribution in [1.29, 1.82) is 0 Å². The molecular formula is C13H26N2OS. The van der Waals surface area contributed by atoms with Gasteiger partial charge in [-0.3, -0.25) is 0 Å². The van der Waals surface area contributed by atoms with Crippen LogP contribution >= 0.6 is 11.8 Å². The second-order valence-electron chi connectivity index (χ2n) is 5.60. The molecule has 0 radical (unpaired) electrons. The van der Waals surface area contributed by atoms with Crippen molar-refractivity contribution in [1.82, 2.24) is 5.32 Å². The van der Waals surface area contributed by atoms with Crippen molar-refractivity contribution in [3.8, 4) is 0 Å². The molecular weight excluding hydrogens is 232 g/mol. The molecule has 4 heteroatoms. The molecule has 0 aromatic rings. The van der Waals surface area contributed by atoms with Crippen LogP contribution in [0, 0.1) is 5.92 Å². The Morgan fingerprint density at radius 2 is 2.18 bits per heavy atom. The van der Waals surface area contributed by atoms with E-state index in [-0.39, 0.29) is 5.54 Å². The van der Waals surface area contributed by atoms with Crippen molar-refractivity contribution >= 4 is 11.8 Å². The average Bonchev–Trinajstić information content (AvgIpc) is 2.72. The highest BCUT2D eigenvalue weighted by Crippen LogP contribution is 2.37. The van der Waals surface area contributed by atoms with Crippen molar-refractivity contribution in [3.63, 3.8) is 0 Å². The molecule has 17 heavy (non-hydrogen) atoms. The summed E-state index contributed by atoms with van der Waals surface area (Å²) in [7, 11) is 0. The molecule has 4 atom stereocenters. The molecule has 4 unspecified atom stereocenters. The van der Waals surface area contributed by atoms with Gasteiger partial charge in [0.05, 0.1) is 0 Å². The van der Waals surface area contributed by atoms with E-state index in [2.05, 4.69) is 12.2 Å². The van der Waals surface area contributed by atoms with Gasteiger partial charge in [0.15, 0.2) is 0 Å². The van der Waals surface area contributed by atoms with Gasteiger partial charge in [0.2, 0.25) is 0 Å². The first-order valence-corrected chi connectivity index (χ1v) is 7.97. The van der Waals surface area contributed by atoms with Crippen LogP contribution in [0.4, 0.5) is 0 Å². The van der Waals surface area contributed by atoms with E-state index in [1.54, 1.807) is 0 Å². The van der Waals surface area contributed by atoms with Crippen LogP contribution in [0.5, 0.6) is 0 Å². The van der Waals surface area contributed by atoms with E-state index in [1.165, 1.54) is 31.4 Å². The van der Waals surface area contributed by atoms with Crippen molar-refractivity contribution in [2.24, 2.45) is 11.7 Å². The van der Waals surface area contributed by atoms with Gasteiger partial charge in [-0.2, -0.15) is 11.8 Å². The molecule has 3 nitrogen and oxygen atoms in total. The van der Waals surface area contributed by atoms with Crippen molar-refractivity contribution in [3.05, 3.63) is 0 Å². The second-order valence-corrected chi connectivity index (χ2v) is 7.05. The highest BCUT2D eigenvalue weighted by Gasteiger charge is 2.42. The zero-order valence-corrected chi connectivity index (χ0v) is 11.6. The van der Waals surface area contributed by atoms with Gasteiger partial charge in [-0.05, 0) is 30.9 Å². The van der Waals surface area contributed by atoms with E-state index < -0.39 is 0 Å². The Hall–Kier alpha value is 0.230. The standard InChI is InChI=1S/C13H26N2OS/c1-10-13(9-14,6-7-17-10)15-12-5-3-2-4-11(12)8-16/h10-12,15-16H,2-9,14H2,1H3. The Morgan fingerprint density at radius 1 is 1.41 bits per heavy atom.